The van der Waals surface area contributed by atoms with Gasteiger partial charge in [0.2, 0.25) is 0 Å². The van der Waals surface area contributed by atoms with Crippen LogP contribution < -0.4 is 5.32 Å². The number of pyridine rings is 2. The molecule has 3 aromatic heterocycles. The number of hydrogen-bond donors (Lipinski definition) is 1. The number of nitrogens with one attached hydrogen (secondary N) is 1. The van der Waals surface area contributed by atoms with E-state index in [0.717, 1.165) is 0 Å². The van der Waals surface area contributed by atoms with Gasteiger partial charge in [0.15, 0.2) is 0 Å². The number of aryl methyl sites for hydroxylation is 2. The van der Waals surface area contributed by atoms with Gasteiger partial charge in [-0.3, -0.25) is 14.6 Å². The maximum Gasteiger partial charge on any atom is 0.258 e. The van der Waals surface area contributed by atoms with E-state index in [1.807, 2.05) is 11.8 Å². The SMILES string of the molecule is Cc1cc(C(=O)N2CCC(NC(=O)c3ccncc3)CC2)c2c(C)noc2n1. The number of piperidine rings is 1. The second kappa shape index (κ2) is 7.38. The van der Waals surface area contributed by atoms with Gasteiger partial charge in [0.25, 0.3) is 17.5 Å². The van der Waals surface area contributed by atoms with Crippen LogP contribution in [0.3, 0.4) is 0 Å². The van der Waals surface area contributed by atoms with Crippen molar-refractivity contribution in [3.8, 4) is 0 Å². The van der Waals surface area contributed by atoms with E-state index >= 15 is 0 Å². The number of nitrogens with zero attached hydrogens (tertiary/aromatic N) is 4. The van der Waals surface area contributed by atoms with Gasteiger partial charge in [0.1, 0.15) is 0 Å². The minimum atomic E-state index is -0.112. The van der Waals surface area contributed by atoms with Crippen LogP contribution in [0.2, 0.25) is 0 Å². The molecule has 1 N–H and O–H groups in total. The van der Waals surface area contributed by atoms with Crippen molar-refractivity contribution in [3.63, 3.8) is 0 Å². The Labute approximate surface area is 161 Å². The van der Waals surface area contributed by atoms with Crippen molar-refractivity contribution in [2.45, 2.75) is 32.7 Å². The van der Waals surface area contributed by atoms with Crippen molar-refractivity contribution >= 4 is 22.9 Å². The van der Waals surface area contributed by atoms with Crippen molar-refractivity contribution in [2.24, 2.45) is 0 Å². The normalized spacial score (nSPS) is 15.0. The van der Waals surface area contributed by atoms with Gasteiger partial charge in [0.05, 0.1) is 16.6 Å². The van der Waals surface area contributed by atoms with Crippen LogP contribution >= 0.6 is 0 Å². The van der Waals surface area contributed by atoms with Crippen LogP contribution in [0.1, 0.15) is 44.9 Å². The van der Waals surface area contributed by atoms with Gasteiger partial charge in [0, 0.05) is 42.8 Å². The third kappa shape index (κ3) is 3.45. The molecule has 1 aliphatic heterocycles. The quantitative estimate of drug-likeness (QED) is 0.749. The van der Waals surface area contributed by atoms with Gasteiger partial charge in [-0.15, -0.1) is 0 Å². The van der Waals surface area contributed by atoms with Gasteiger partial charge < -0.3 is 14.7 Å². The molecule has 28 heavy (non-hydrogen) atoms. The minimum absolute atomic E-state index is 0.0428. The molecule has 0 spiro atoms. The maximum absolute atomic E-state index is 13.1. The van der Waals surface area contributed by atoms with Gasteiger partial charge >= 0.3 is 0 Å². The first-order chi connectivity index (χ1) is 13.5. The lowest BCUT2D eigenvalue weighted by Crippen LogP contribution is -2.46. The van der Waals surface area contributed by atoms with Crippen LogP contribution in [0.15, 0.2) is 35.1 Å². The van der Waals surface area contributed by atoms with E-state index in [1.165, 1.54) is 0 Å². The van der Waals surface area contributed by atoms with Crippen LogP contribution in [0, 0.1) is 13.8 Å². The molecule has 3 aromatic rings. The number of rotatable bonds is 3. The molecule has 8 nitrogen and oxygen atoms in total. The van der Waals surface area contributed by atoms with Gasteiger partial charge in [-0.05, 0) is 44.9 Å². The van der Waals surface area contributed by atoms with Crippen molar-refractivity contribution in [2.75, 3.05) is 13.1 Å². The summed E-state index contributed by atoms with van der Waals surface area (Å²) < 4.78 is 5.23. The van der Waals surface area contributed by atoms with Crippen molar-refractivity contribution in [1.29, 1.82) is 0 Å². The van der Waals surface area contributed by atoms with Crippen molar-refractivity contribution in [3.05, 3.63) is 53.1 Å². The second-order valence-corrected chi connectivity index (χ2v) is 7.04. The number of fused-ring (bicyclic) bond motifs is 1. The smallest absolute Gasteiger partial charge is 0.258 e. The summed E-state index contributed by atoms with van der Waals surface area (Å²) in [5.74, 6) is -0.167. The summed E-state index contributed by atoms with van der Waals surface area (Å²) in [4.78, 5) is 35.4. The van der Waals surface area contributed by atoms with E-state index in [-0.39, 0.29) is 17.9 Å². The average molecular weight is 379 g/mol. The predicted molar refractivity (Wildman–Crippen MR) is 102 cm³/mol. The lowest BCUT2D eigenvalue weighted by Gasteiger charge is -2.32. The Morgan fingerprint density at radius 2 is 1.89 bits per heavy atom. The molecule has 0 unspecified atom stereocenters. The number of hydrogen-bond acceptors (Lipinski definition) is 6. The van der Waals surface area contributed by atoms with E-state index < -0.39 is 0 Å². The number of likely N-dealkylation sites (tertiary alicyclic amines) is 1. The highest BCUT2D eigenvalue weighted by Crippen LogP contribution is 2.24. The van der Waals surface area contributed by atoms with E-state index in [1.54, 1.807) is 37.5 Å². The van der Waals surface area contributed by atoms with Crippen LogP contribution in [-0.2, 0) is 0 Å². The molecule has 4 heterocycles. The molecule has 1 aliphatic rings. The lowest BCUT2D eigenvalue weighted by molar-refractivity contribution is 0.0699. The highest BCUT2D eigenvalue weighted by atomic mass is 16.5. The summed E-state index contributed by atoms with van der Waals surface area (Å²) in [6.07, 6.45) is 4.61. The average Bonchev–Trinajstić information content (AvgIpc) is 3.08. The first-order valence-corrected chi connectivity index (χ1v) is 9.26. The summed E-state index contributed by atoms with van der Waals surface area (Å²) in [5.41, 5.74) is 2.92. The maximum atomic E-state index is 13.1. The molecule has 0 saturated carbocycles. The first-order valence-electron chi connectivity index (χ1n) is 9.26. The fraction of sp³-hybridized carbons (Fsp3) is 0.350. The molecule has 1 saturated heterocycles. The fourth-order valence-corrected chi connectivity index (χ4v) is 3.56. The lowest BCUT2D eigenvalue weighted by atomic mass is 10.0. The van der Waals surface area contributed by atoms with Crippen LogP contribution in [0.25, 0.3) is 11.1 Å². The summed E-state index contributed by atoms with van der Waals surface area (Å²) in [6, 6.07) is 5.20. The third-order valence-electron chi connectivity index (χ3n) is 5.04. The molecule has 8 heteroatoms. The first kappa shape index (κ1) is 18.1. The van der Waals surface area contributed by atoms with Crippen molar-refractivity contribution < 1.29 is 14.1 Å². The van der Waals surface area contributed by atoms with Gasteiger partial charge in [-0.25, -0.2) is 4.98 Å². The monoisotopic (exact) mass is 379 g/mol. The van der Waals surface area contributed by atoms with Crippen LogP contribution in [-0.4, -0.2) is 51.0 Å². The topological polar surface area (TPSA) is 101 Å². The van der Waals surface area contributed by atoms with Gasteiger partial charge in [-0.1, -0.05) is 5.16 Å². The Balaban J connectivity index is 1.44. The third-order valence-corrected chi connectivity index (χ3v) is 5.04. The van der Waals surface area contributed by atoms with E-state index in [0.29, 0.717) is 59.5 Å². The Morgan fingerprint density at radius 3 is 2.61 bits per heavy atom. The summed E-state index contributed by atoms with van der Waals surface area (Å²) in [5, 5.41) is 7.65. The molecular weight excluding hydrogens is 358 g/mol. The molecular formula is C20H21N5O3. The zero-order valence-corrected chi connectivity index (χ0v) is 15.8. The number of aromatic nitrogens is 3. The summed E-state index contributed by atoms with van der Waals surface area (Å²) in [7, 11) is 0. The molecule has 0 bridgehead atoms. The molecule has 4 rings (SSSR count). The molecule has 0 aliphatic carbocycles. The van der Waals surface area contributed by atoms with Crippen LogP contribution in [0.4, 0.5) is 0 Å². The van der Waals surface area contributed by atoms with Gasteiger partial charge in [-0.2, -0.15) is 0 Å². The Morgan fingerprint density at radius 1 is 1.18 bits per heavy atom. The Hall–Kier alpha value is -3.29. The van der Waals surface area contributed by atoms with E-state index in [9.17, 15) is 9.59 Å². The number of carbonyl (C=O) groups excluding carboxylic acids is 2. The molecule has 2 amide bonds. The fourth-order valence-electron chi connectivity index (χ4n) is 3.56. The Kier molecular flexibility index (Phi) is 4.77. The highest BCUT2D eigenvalue weighted by Gasteiger charge is 2.27. The molecule has 144 valence electrons. The van der Waals surface area contributed by atoms with Crippen molar-refractivity contribution in [1.82, 2.24) is 25.3 Å². The summed E-state index contributed by atoms with van der Waals surface area (Å²) in [6.45, 7) is 4.79. The standard InChI is InChI=1S/C20H21N5O3/c1-12-11-16(17-13(2)24-28-19(17)22-12)20(27)25-9-5-15(6-10-25)23-18(26)14-3-7-21-8-4-14/h3-4,7-8,11,15H,5-6,9-10H2,1-2H3,(H,23,26). The molecule has 1 fully saturated rings. The zero-order chi connectivity index (χ0) is 19.7. The largest absolute Gasteiger partial charge is 0.349 e. The molecule has 0 aromatic carbocycles. The molecule has 0 atom stereocenters. The zero-order valence-electron chi connectivity index (χ0n) is 15.8. The number of carbonyl (C=O) groups is 2. The number of amides is 2. The second-order valence-electron chi connectivity index (χ2n) is 7.04. The van der Waals surface area contributed by atoms with Crippen LogP contribution in [0.5, 0.6) is 0 Å². The summed E-state index contributed by atoms with van der Waals surface area (Å²) >= 11 is 0. The Bertz CT molecular complexity index is 1020. The highest BCUT2D eigenvalue weighted by molar-refractivity contribution is 6.06. The van der Waals surface area contributed by atoms with E-state index in [2.05, 4.69) is 20.4 Å². The molecule has 0 radical (unpaired) electrons. The van der Waals surface area contributed by atoms with E-state index in [4.69, 9.17) is 4.52 Å². The minimum Gasteiger partial charge on any atom is -0.349 e. The predicted octanol–water partition coefficient (Wildman–Crippen LogP) is 2.27.